The molecule has 1 amide bonds. The highest BCUT2D eigenvalue weighted by molar-refractivity contribution is 6.19. The Balaban J connectivity index is 1.89. The summed E-state index contributed by atoms with van der Waals surface area (Å²) in [6.45, 7) is 0. The van der Waals surface area contributed by atoms with Crippen LogP contribution in [-0.4, -0.2) is 26.0 Å². The molecular formula is C18H16N2O3. The van der Waals surface area contributed by atoms with Gasteiger partial charge in [-0.3, -0.25) is 4.79 Å². The van der Waals surface area contributed by atoms with Crippen molar-refractivity contribution in [3.05, 3.63) is 65.4 Å². The van der Waals surface area contributed by atoms with Crippen LogP contribution in [0.2, 0.25) is 0 Å². The van der Waals surface area contributed by atoms with Crippen molar-refractivity contribution in [1.29, 1.82) is 0 Å². The molecule has 0 fully saturated rings. The summed E-state index contributed by atoms with van der Waals surface area (Å²) in [5.74, 6) is 1.80. The van der Waals surface area contributed by atoms with Crippen molar-refractivity contribution in [3.63, 3.8) is 0 Å². The van der Waals surface area contributed by atoms with Crippen LogP contribution in [0, 0.1) is 0 Å². The van der Waals surface area contributed by atoms with Gasteiger partial charge in [0.15, 0.2) is 0 Å². The minimum absolute atomic E-state index is 0.223. The molecule has 0 atom stereocenters. The fourth-order valence-electron chi connectivity index (χ4n) is 2.24. The van der Waals surface area contributed by atoms with Crippen LogP contribution in [0.15, 0.2) is 59.2 Å². The largest absolute Gasteiger partial charge is 0.497 e. The second-order valence-electron chi connectivity index (χ2n) is 4.95. The molecule has 3 rings (SSSR count). The standard InChI is InChI=1S/C18H16N2O3/c1-22-14-8-6-13(7-9-14)17-19-16(18(21)20-17)11-12-4-3-5-15(10-12)23-2/h3-11H,1-2H3,(H,19,20,21)/b16-11+. The zero-order valence-corrected chi connectivity index (χ0v) is 12.9. The Morgan fingerprint density at radius 2 is 1.74 bits per heavy atom. The van der Waals surface area contributed by atoms with E-state index in [1.807, 2.05) is 48.5 Å². The lowest BCUT2D eigenvalue weighted by atomic mass is 10.2. The number of amides is 1. The molecule has 0 bridgehead atoms. The van der Waals surface area contributed by atoms with Gasteiger partial charge in [0.25, 0.3) is 5.91 Å². The smallest absolute Gasteiger partial charge is 0.275 e. The average molecular weight is 308 g/mol. The molecule has 1 N–H and O–H groups in total. The summed E-state index contributed by atoms with van der Waals surface area (Å²) in [6.07, 6.45) is 1.73. The summed E-state index contributed by atoms with van der Waals surface area (Å²) < 4.78 is 10.3. The third-order valence-corrected chi connectivity index (χ3v) is 3.46. The molecule has 1 aliphatic rings. The molecule has 0 unspecified atom stereocenters. The Bertz CT molecular complexity index is 792. The Kier molecular flexibility index (Phi) is 4.10. The van der Waals surface area contributed by atoms with Crippen LogP contribution in [0.4, 0.5) is 0 Å². The predicted molar refractivity (Wildman–Crippen MR) is 88.6 cm³/mol. The molecule has 0 spiro atoms. The number of rotatable bonds is 4. The van der Waals surface area contributed by atoms with Crippen LogP contribution in [0.25, 0.3) is 6.08 Å². The number of carbonyl (C=O) groups excluding carboxylic acids is 1. The number of methoxy groups -OCH3 is 2. The quantitative estimate of drug-likeness (QED) is 0.883. The highest BCUT2D eigenvalue weighted by Gasteiger charge is 2.21. The zero-order valence-electron chi connectivity index (χ0n) is 12.9. The molecule has 23 heavy (non-hydrogen) atoms. The Hall–Kier alpha value is -3.08. The van der Waals surface area contributed by atoms with E-state index < -0.39 is 0 Å². The maximum absolute atomic E-state index is 12.1. The van der Waals surface area contributed by atoms with Gasteiger partial charge in [-0.1, -0.05) is 12.1 Å². The van der Waals surface area contributed by atoms with Crippen molar-refractivity contribution in [3.8, 4) is 11.5 Å². The van der Waals surface area contributed by atoms with Gasteiger partial charge < -0.3 is 14.8 Å². The molecule has 5 nitrogen and oxygen atoms in total. The van der Waals surface area contributed by atoms with Crippen molar-refractivity contribution >= 4 is 17.8 Å². The average Bonchev–Trinajstić information content (AvgIpc) is 2.96. The monoisotopic (exact) mass is 308 g/mol. The van der Waals surface area contributed by atoms with Gasteiger partial charge in [-0.15, -0.1) is 0 Å². The number of ether oxygens (including phenoxy) is 2. The number of benzene rings is 2. The molecular weight excluding hydrogens is 292 g/mol. The first-order valence-electron chi connectivity index (χ1n) is 7.10. The maximum atomic E-state index is 12.1. The van der Waals surface area contributed by atoms with Crippen molar-refractivity contribution < 1.29 is 14.3 Å². The lowest BCUT2D eigenvalue weighted by molar-refractivity contribution is -0.115. The summed E-state index contributed by atoms with van der Waals surface area (Å²) in [6, 6.07) is 14.8. The summed E-state index contributed by atoms with van der Waals surface area (Å²) in [7, 11) is 3.22. The number of nitrogens with zero attached hydrogens (tertiary/aromatic N) is 1. The van der Waals surface area contributed by atoms with Gasteiger partial charge in [0.2, 0.25) is 0 Å². The van der Waals surface area contributed by atoms with Gasteiger partial charge in [-0.05, 0) is 48.0 Å². The van der Waals surface area contributed by atoms with E-state index >= 15 is 0 Å². The number of carbonyl (C=O) groups is 1. The Morgan fingerprint density at radius 3 is 2.43 bits per heavy atom. The van der Waals surface area contributed by atoms with E-state index in [-0.39, 0.29) is 5.91 Å². The molecule has 2 aromatic carbocycles. The van der Waals surface area contributed by atoms with E-state index in [1.54, 1.807) is 20.3 Å². The second kappa shape index (κ2) is 6.36. The topological polar surface area (TPSA) is 59.9 Å². The second-order valence-corrected chi connectivity index (χ2v) is 4.95. The third-order valence-electron chi connectivity index (χ3n) is 3.46. The molecule has 1 heterocycles. The fourth-order valence-corrected chi connectivity index (χ4v) is 2.24. The predicted octanol–water partition coefficient (Wildman–Crippen LogP) is 2.62. The summed E-state index contributed by atoms with van der Waals surface area (Å²) in [4.78, 5) is 16.5. The minimum atomic E-state index is -0.223. The molecule has 0 aromatic heterocycles. The van der Waals surface area contributed by atoms with Gasteiger partial charge in [0, 0.05) is 5.56 Å². The van der Waals surface area contributed by atoms with E-state index in [0.717, 1.165) is 22.6 Å². The highest BCUT2D eigenvalue weighted by atomic mass is 16.5. The normalized spacial score (nSPS) is 15.3. The number of amidine groups is 1. The molecule has 116 valence electrons. The van der Waals surface area contributed by atoms with E-state index in [9.17, 15) is 4.79 Å². The first-order chi connectivity index (χ1) is 11.2. The lowest BCUT2D eigenvalue weighted by Crippen LogP contribution is -2.24. The molecule has 0 radical (unpaired) electrons. The first kappa shape index (κ1) is 14.8. The fraction of sp³-hybridized carbons (Fsp3) is 0.111. The third kappa shape index (κ3) is 3.23. The van der Waals surface area contributed by atoms with Crippen LogP contribution in [0.3, 0.4) is 0 Å². The van der Waals surface area contributed by atoms with E-state index in [2.05, 4.69) is 10.3 Å². The number of hydrogen-bond acceptors (Lipinski definition) is 4. The summed E-state index contributed by atoms with van der Waals surface area (Å²) in [5, 5.41) is 2.78. The van der Waals surface area contributed by atoms with Gasteiger partial charge in [-0.25, -0.2) is 4.99 Å². The van der Waals surface area contributed by atoms with Crippen LogP contribution >= 0.6 is 0 Å². The van der Waals surface area contributed by atoms with Gasteiger partial charge in [0.1, 0.15) is 23.0 Å². The van der Waals surface area contributed by atoms with Crippen LogP contribution in [-0.2, 0) is 4.79 Å². The highest BCUT2D eigenvalue weighted by Crippen LogP contribution is 2.19. The van der Waals surface area contributed by atoms with Crippen molar-refractivity contribution in [2.24, 2.45) is 4.99 Å². The lowest BCUT2D eigenvalue weighted by Gasteiger charge is -2.02. The molecule has 1 aliphatic heterocycles. The van der Waals surface area contributed by atoms with Crippen LogP contribution in [0.5, 0.6) is 11.5 Å². The Labute approximate surface area is 134 Å². The molecule has 0 saturated heterocycles. The minimum Gasteiger partial charge on any atom is -0.497 e. The number of hydrogen-bond donors (Lipinski definition) is 1. The number of aliphatic imine (C=N–C) groups is 1. The summed E-state index contributed by atoms with van der Waals surface area (Å²) in [5.41, 5.74) is 2.05. The van der Waals surface area contributed by atoms with E-state index in [0.29, 0.717) is 11.5 Å². The van der Waals surface area contributed by atoms with E-state index in [1.165, 1.54) is 0 Å². The van der Waals surface area contributed by atoms with Gasteiger partial charge in [0.05, 0.1) is 14.2 Å². The van der Waals surface area contributed by atoms with Crippen molar-refractivity contribution in [2.45, 2.75) is 0 Å². The van der Waals surface area contributed by atoms with Crippen molar-refractivity contribution in [2.75, 3.05) is 14.2 Å². The maximum Gasteiger partial charge on any atom is 0.275 e. The Morgan fingerprint density at radius 1 is 1.00 bits per heavy atom. The first-order valence-corrected chi connectivity index (χ1v) is 7.10. The molecule has 5 heteroatoms. The zero-order chi connectivity index (χ0) is 16.2. The number of nitrogens with one attached hydrogen (secondary N) is 1. The molecule has 0 aliphatic carbocycles. The summed E-state index contributed by atoms with van der Waals surface area (Å²) >= 11 is 0. The molecule has 0 saturated carbocycles. The van der Waals surface area contributed by atoms with Crippen LogP contribution < -0.4 is 14.8 Å². The van der Waals surface area contributed by atoms with Crippen molar-refractivity contribution in [1.82, 2.24) is 5.32 Å². The van der Waals surface area contributed by atoms with Gasteiger partial charge >= 0.3 is 0 Å². The van der Waals surface area contributed by atoms with E-state index in [4.69, 9.17) is 9.47 Å². The van der Waals surface area contributed by atoms with Gasteiger partial charge in [-0.2, -0.15) is 0 Å². The molecule has 2 aromatic rings. The SMILES string of the molecule is COc1ccc(C2=N/C(=C/c3cccc(OC)c3)C(=O)N2)cc1. The van der Waals surface area contributed by atoms with Crippen LogP contribution in [0.1, 0.15) is 11.1 Å².